The normalized spacial score (nSPS) is 15.0. The molecule has 1 aliphatic heterocycles. The Morgan fingerprint density at radius 2 is 1.94 bits per heavy atom. The van der Waals surface area contributed by atoms with Crippen molar-refractivity contribution in [2.75, 3.05) is 33.3 Å². The summed E-state index contributed by atoms with van der Waals surface area (Å²) in [4.78, 5) is 14.1. The van der Waals surface area contributed by atoms with Crippen LogP contribution in [-0.4, -0.2) is 44.1 Å². The fraction of sp³-hybridized carbons (Fsp3) is 0.417. The van der Waals surface area contributed by atoms with Crippen molar-refractivity contribution in [3.63, 3.8) is 0 Å². The molecular formula is C12H17ClN2O2. The number of rotatable bonds is 2. The molecule has 0 spiro atoms. The molecular weight excluding hydrogens is 240 g/mol. The topological polar surface area (TPSA) is 41.6 Å². The molecule has 94 valence electrons. The highest BCUT2D eigenvalue weighted by atomic mass is 35.5. The molecule has 1 amide bonds. The Morgan fingerprint density at radius 3 is 2.59 bits per heavy atom. The number of methoxy groups -OCH3 is 1. The van der Waals surface area contributed by atoms with Crippen molar-refractivity contribution in [1.82, 2.24) is 10.2 Å². The van der Waals surface area contributed by atoms with E-state index in [9.17, 15) is 4.79 Å². The largest absolute Gasteiger partial charge is 0.496 e. The van der Waals surface area contributed by atoms with Crippen LogP contribution in [0.25, 0.3) is 0 Å². The van der Waals surface area contributed by atoms with Crippen molar-refractivity contribution >= 4 is 18.3 Å². The molecule has 4 nitrogen and oxygen atoms in total. The number of carbonyl (C=O) groups is 1. The van der Waals surface area contributed by atoms with E-state index in [1.165, 1.54) is 0 Å². The molecule has 1 saturated heterocycles. The molecule has 1 aromatic carbocycles. The van der Waals surface area contributed by atoms with Crippen LogP contribution in [0.15, 0.2) is 24.3 Å². The molecule has 1 heterocycles. The Labute approximate surface area is 107 Å². The van der Waals surface area contributed by atoms with Crippen molar-refractivity contribution in [2.45, 2.75) is 0 Å². The van der Waals surface area contributed by atoms with Crippen LogP contribution in [0.5, 0.6) is 5.75 Å². The molecule has 0 atom stereocenters. The van der Waals surface area contributed by atoms with Gasteiger partial charge in [-0.3, -0.25) is 4.79 Å². The van der Waals surface area contributed by atoms with Gasteiger partial charge in [-0.15, -0.1) is 12.4 Å². The Kier molecular flexibility index (Phi) is 5.25. The van der Waals surface area contributed by atoms with Gasteiger partial charge in [0.2, 0.25) is 0 Å². The quantitative estimate of drug-likeness (QED) is 0.864. The third-order valence-electron chi connectivity index (χ3n) is 2.74. The summed E-state index contributed by atoms with van der Waals surface area (Å²) in [5, 5.41) is 3.22. The average molecular weight is 257 g/mol. The van der Waals surface area contributed by atoms with Gasteiger partial charge in [-0.2, -0.15) is 0 Å². The van der Waals surface area contributed by atoms with E-state index in [0.29, 0.717) is 11.3 Å². The second-order valence-corrected chi connectivity index (χ2v) is 3.74. The van der Waals surface area contributed by atoms with Gasteiger partial charge in [0.25, 0.3) is 5.91 Å². The van der Waals surface area contributed by atoms with Gasteiger partial charge in [0, 0.05) is 26.2 Å². The van der Waals surface area contributed by atoms with Crippen LogP contribution in [0.2, 0.25) is 0 Å². The van der Waals surface area contributed by atoms with Crippen LogP contribution < -0.4 is 10.1 Å². The standard InChI is InChI=1S/C12H16N2O2.ClH/c1-16-11-5-3-2-4-10(11)12(15)14-8-6-13-7-9-14;/h2-5,13H,6-9H2,1H3;1H. The van der Waals surface area contributed by atoms with Crippen LogP contribution in [0.4, 0.5) is 0 Å². The number of nitrogens with one attached hydrogen (secondary N) is 1. The zero-order valence-electron chi connectivity index (χ0n) is 9.81. The van der Waals surface area contributed by atoms with Gasteiger partial charge in [-0.1, -0.05) is 12.1 Å². The molecule has 2 rings (SSSR count). The zero-order chi connectivity index (χ0) is 11.4. The molecule has 1 N–H and O–H groups in total. The summed E-state index contributed by atoms with van der Waals surface area (Å²) in [5.41, 5.74) is 0.645. The number of ether oxygens (including phenoxy) is 1. The lowest BCUT2D eigenvalue weighted by Crippen LogP contribution is -2.46. The molecule has 1 aliphatic rings. The first-order valence-corrected chi connectivity index (χ1v) is 5.46. The fourth-order valence-electron chi connectivity index (χ4n) is 1.86. The smallest absolute Gasteiger partial charge is 0.257 e. The minimum Gasteiger partial charge on any atom is -0.496 e. The first kappa shape index (κ1) is 13.8. The third kappa shape index (κ3) is 3.11. The van der Waals surface area contributed by atoms with Crippen LogP contribution in [0.3, 0.4) is 0 Å². The number of amides is 1. The molecule has 0 aromatic heterocycles. The van der Waals surface area contributed by atoms with E-state index in [0.717, 1.165) is 26.2 Å². The van der Waals surface area contributed by atoms with Gasteiger partial charge >= 0.3 is 0 Å². The number of benzene rings is 1. The van der Waals surface area contributed by atoms with Crippen LogP contribution in [0.1, 0.15) is 10.4 Å². The molecule has 5 heteroatoms. The average Bonchev–Trinajstić information content (AvgIpc) is 2.39. The predicted octanol–water partition coefficient (Wildman–Crippen LogP) is 1.16. The lowest BCUT2D eigenvalue weighted by Gasteiger charge is -2.27. The van der Waals surface area contributed by atoms with E-state index in [-0.39, 0.29) is 18.3 Å². The second kappa shape index (κ2) is 6.47. The number of carbonyl (C=O) groups excluding carboxylic acids is 1. The number of para-hydroxylation sites is 1. The molecule has 1 aromatic rings. The van der Waals surface area contributed by atoms with Crippen LogP contribution in [-0.2, 0) is 0 Å². The molecule has 17 heavy (non-hydrogen) atoms. The Morgan fingerprint density at radius 1 is 1.29 bits per heavy atom. The van der Waals surface area contributed by atoms with Gasteiger partial charge in [-0.05, 0) is 12.1 Å². The summed E-state index contributed by atoms with van der Waals surface area (Å²) in [7, 11) is 1.59. The number of hydrogen-bond donors (Lipinski definition) is 1. The van der Waals surface area contributed by atoms with Gasteiger partial charge in [0.1, 0.15) is 5.75 Å². The first-order chi connectivity index (χ1) is 7.83. The van der Waals surface area contributed by atoms with E-state index >= 15 is 0 Å². The first-order valence-electron chi connectivity index (χ1n) is 5.46. The summed E-state index contributed by atoms with van der Waals surface area (Å²) in [5.74, 6) is 0.699. The van der Waals surface area contributed by atoms with Crippen molar-refractivity contribution in [3.05, 3.63) is 29.8 Å². The summed E-state index contributed by atoms with van der Waals surface area (Å²) in [6.45, 7) is 3.25. The van der Waals surface area contributed by atoms with Crippen molar-refractivity contribution < 1.29 is 9.53 Å². The lowest BCUT2D eigenvalue weighted by molar-refractivity contribution is 0.0732. The summed E-state index contributed by atoms with van der Waals surface area (Å²) < 4.78 is 5.19. The molecule has 1 fully saturated rings. The molecule has 0 unspecified atom stereocenters. The molecule has 0 radical (unpaired) electrons. The fourth-order valence-corrected chi connectivity index (χ4v) is 1.86. The second-order valence-electron chi connectivity index (χ2n) is 3.74. The highest BCUT2D eigenvalue weighted by Gasteiger charge is 2.20. The van der Waals surface area contributed by atoms with Gasteiger partial charge in [-0.25, -0.2) is 0 Å². The lowest BCUT2D eigenvalue weighted by atomic mass is 10.1. The monoisotopic (exact) mass is 256 g/mol. The number of halogens is 1. The van der Waals surface area contributed by atoms with E-state index in [2.05, 4.69) is 5.32 Å². The van der Waals surface area contributed by atoms with E-state index < -0.39 is 0 Å². The van der Waals surface area contributed by atoms with Gasteiger partial charge in [0.05, 0.1) is 12.7 Å². The minimum absolute atomic E-state index is 0. The summed E-state index contributed by atoms with van der Waals surface area (Å²) >= 11 is 0. The Bertz CT molecular complexity index is 379. The molecule has 0 aliphatic carbocycles. The van der Waals surface area contributed by atoms with Gasteiger partial charge in [0.15, 0.2) is 0 Å². The van der Waals surface area contributed by atoms with Crippen LogP contribution >= 0.6 is 12.4 Å². The highest BCUT2D eigenvalue weighted by molar-refractivity contribution is 5.97. The Hall–Kier alpha value is -1.26. The number of piperazine rings is 1. The van der Waals surface area contributed by atoms with Crippen LogP contribution in [0, 0.1) is 0 Å². The van der Waals surface area contributed by atoms with E-state index in [4.69, 9.17) is 4.74 Å². The van der Waals surface area contributed by atoms with Crippen molar-refractivity contribution in [2.24, 2.45) is 0 Å². The minimum atomic E-state index is 0. The van der Waals surface area contributed by atoms with Gasteiger partial charge < -0.3 is 15.0 Å². The van der Waals surface area contributed by atoms with Crippen molar-refractivity contribution in [1.29, 1.82) is 0 Å². The highest BCUT2D eigenvalue weighted by Crippen LogP contribution is 2.19. The summed E-state index contributed by atoms with van der Waals surface area (Å²) in [6.07, 6.45) is 0. The maximum absolute atomic E-state index is 12.2. The van der Waals surface area contributed by atoms with Crippen molar-refractivity contribution in [3.8, 4) is 5.75 Å². The third-order valence-corrected chi connectivity index (χ3v) is 2.74. The number of nitrogens with zero attached hydrogens (tertiary/aromatic N) is 1. The maximum Gasteiger partial charge on any atom is 0.257 e. The SMILES string of the molecule is COc1ccccc1C(=O)N1CCNCC1.Cl. The number of hydrogen-bond acceptors (Lipinski definition) is 3. The summed E-state index contributed by atoms with van der Waals surface area (Å²) in [6, 6.07) is 7.35. The molecule has 0 bridgehead atoms. The van der Waals surface area contributed by atoms with E-state index in [1.807, 2.05) is 29.2 Å². The predicted molar refractivity (Wildman–Crippen MR) is 69.0 cm³/mol. The zero-order valence-corrected chi connectivity index (χ0v) is 10.6. The van der Waals surface area contributed by atoms with E-state index in [1.54, 1.807) is 7.11 Å². The Balaban J connectivity index is 0.00000144. The maximum atomic E-state index is 12.2. The molecule has 0 saturated carbocycles.